The van der Waals surface area contributed by atoms with Gasteiger partial charge < -0.3 is 10.6 Å². The van der Waals surface area contributed by atoms with Crippen molar-refractivity contribution in [2.24, 2.45) is 5.92 Å². The predicted octanol–water partition coefficient (Wildman–Crippen LogP) is 2.89. The summed E-state index contributed by atoms with van der Waals surface area (Å²) in [5.41, 5.74) is 0.201. The molecule has 0 aliphatic carbocycles. The zero-order valence-corrected chi connectivity index (χ0v) is 17.6. The minimum Gasteiger partial charge on any atom is -0.351 e. The maximum atomic E-state index is 12.8. The fraction of sp³-hybridized carbons (Fsp3) is 0.300. The fourth-order valence-corrected chi connectivity index (χ4v) is 3.37. The number of nitrogens with one attached hydrogen (secondary N) is 3. The number of hydrogen-bond donors (Lipinski definition) is 3. The maximum Gasteiger partial charge on any atom is 0.416 e. The lowest BCUT2D eigenvalue weighted by molar-refractivity contribution is -0.137. The van der Waals surface area contributed by atoms with Gasteiger partial charge in [-0.2, -0.15) is 13.2 Å². The number of carbonyl (C=O) groups excluding carboxylic acids is 2. The molecule has 31 heavy (non-hydrogen) atoms. The Balaban J connectivity index is 1.88. The van der Waals surface area contributed by atoms with Gasteiger partial charge in [0.05, 0.1) is 17.0 Å². The van der Waals surface area contributed by atoms with Crippen LogP contribution in [0.4, 0.5) is 18.9 Å². The van der Waals surface area contributed by atoms with E-state index in [0.717, 1.165) is 18.2 Å². The van der Waals surface area contributed by atoms with Crippen LogP contribution in [0.1, 0.15) is 25.0 Å². The van der Waals surface area contributed by atoms with E-state index < -0.39 is 39.1 Å². The molecule has 0 saturated heterocycles. The molecule has 3 N–H and O–H groups in total. The number of anilines is 1. The molecular weight excluding hydrogens is 435 g/mol. The summed E-state index contributed by atoms with van der Waals surface area (Å²) in [7, 11) is -4.30. The second-order valence-electron chi connectivity index (χ2n) is 6.97. The van der Waals surface area contributed by atoms with Gasteiger partial charge in [-0.15, -0.1) is 0 Å². The van der Waals surface area contributed by atoms with Crippen molar-refractivity contribution >= 4 is 27.5 Å². The van der Waals surface area contributed by atoms with Crippen LogP contribution in [-0.4, -0.2) is 26.8 Å². The maximum absolute atomic E-state index is 12.8. The molecule has 0 aliphatic rings. The summed E-state index contributed by atoms with van der Waals surface area (Å²) in [6.45, 7) is 2.99. The minimum absolute atomic E-state index is 0.0997. The Labute approximate surface area is 178 Å². The second kappa shape index (κ2) is 9.92. The lowest BCUT2D eigenvalue weighted by Gasteiger charge is -2.11. The summed E-state index contributed by atoms with van der Waals surface area (Å²) in [6, 6.07) is 9.94. The van der Waals surface area contributed by atoms with Gasteiger partial charge in [-0.1, -0.05) is 32.0 Å². The molecule has 7 nitrogen and oxygen atoms in total. The summed E-state index contributed by atoms with van der Waals surface area (Å²) in [4.78, 5) is 23.0. The van der Waals surface area contributed by atoms with E-state index in [1.807, 2.05) is 4.72 Å². The first kappa shape index (κ1) is 24.4. The van der Waals surface area contributed by atoms with E-state index in [9.17, 15) is 31.2 Å². The third-order valence-electron chi connectivity index (χ3n) is 4.13. The van der Waals surface area contributed by atoms with Crippen LogP contribution in [0, 0.1) is 5.92 Å². The van der Waals surface area contributed by atoms with Crippen molar-refractivity contribution in [1.29, 1.82) is 0 Å². The van der Waals surface area contributed by atoms with Crippen LogP contribution in [0.3, 0.4) is 0 Å². The summed E-state index contributed by atoms with van der Waals surface area (Å²) in [6.07, 6.45) is -4.68. The van der Waals surface area contributed by atoms with Gasteiger partial charge in [-0.05, 0) is 35.9 Å². The number of carbonyl (C=O) groups is 2. The van der Waals surface area contributed by atoms with Crippen LogP contribution in [0.25, 0.3) is 0 Å². The quantitative estimate of drug-likeness (QED) is 0.567. The molecule has 0 unspecified atom stereocenters. The van der Waals surface area contributed by atoms with Gasteiger partial charge >= 0.3 is 6.18 Å². The van der Waals surface area contributed by atoms with Crippen molar-refractivity contribution in [3.8, 4) is 0 Å². The Morgan fingerprint density at radius 2 is 1.68 bits per heavy atom. The van der Waals surface area contributed by atoms with Crippen molar-refractivity contribution in [3.05, 3.63) is 59.7 Å². The number of hydrogen-bond acceptors (Lipinski definition) is 4. The highest BCUT2D eigenvalue weighted by molar-refractivity contribution is 7.89. The number of amides is 2. The molecule has 0 aliphatic heterocycles. The normalized spacial score (nSPS) is 11.9. The highest BCUT2D eigenvalue weighted by Crippen LogP contribution is 2.30. The Hall–Kier alpha value is -2.92. The number of benzene rings is 2. The smallest absolute Gasteiger partial charge is 0.351 e. The Kier molecular flexibility index (Phi) is 7.80. The average Bonchev–Trinajstić information content (AvgIpc) is 2.71. The molecule has 0 spiro atoms. The number of sulfonamides is 1. The van der Waals surface area contributed by atoms with Gasteiger partial charge in [0.2, 0.25) is 21.8 Å². The molecule has 0 bridgehead atoms. The largest absolute Gasteiger partial charge is 0.416 e. The van der Waals surface area contributed by atoms with Crippen LogP contribution in [0.2, 0.25) is 0 Å². The number of alkyl halides is 3. The van der Waals surface area contributed by atoms with Crippen LogP contribution < -0.4 is 15.4 Å². The molecule has 2 aromatic carbocycles. The molecule has 2 aromatic rings. The number of rotatable bonds is 8. The topological polar surface area (TPSA) is 104 Å². The molecule has 0 saturated carbocycles. The first-order valence-electron chi connectivity index (χ1n) is 9.22. The van der Waals surface area contributed by atoms with E-state index >= 15 is 0 Å². The Bertz CT molecular complexity index is 1040. The first-order valence-corrected chi connectivity index (χ1v) is 10.7. The van der Waals surface area contributed by atoms with Crippen LogP contribution in [-0.2, 0) is 32.3 Å². The van der Waals surface area contributed by atoms with E-state index in [1.54, 1.807) is 38.1 Å². The molecule has 2 amide bonds. The van der Waals surface area contributed by atoms with E-state index in [0.29, 0.717) is 17.3 Å². The fourth-order valence-electron chi connectivity index (χ4n) is 2.34. The first-order chi connectivity index (χ1) is 14.4. The highest BCUT2D eigenvalue weighted by Gasteiger charge is 2.31. The highest BCUT2D eigenvalue weighted by atomic mass is 32.2. The summed E-state index contributed by atoms with van der Waals surface area (Å²) >= 11 is 0. The van der Waals surface area contributed by atoms with Crippen LogP contribution in [0.15, 0.2) is 53.4 Å². The van der Waals surface area contributed by atoms with Gasteiger partial charge in [0.25, 0.3) is 0 Å². The van der Waals surface area contributed by atoms with E-state index in [4.69, 9.17) is 0 Å². The minimum atomic E-state index is -4.68. The van der Waals surface area contributed by atoms with E-state index in [-0.39, 0.29) is 18.4 Å². The molecule has 0 radical (unpaired) electrons. The third-order valence-corrected chi connectivity index (χ3v) is 5.53. The molecule has 11 heteroatoms. The van der Waals surface area contributed by atoms with Crippen molar-refractivity contribution in [2.45, 2.75) is 31.5 Å². The summed E-state index contributed by atoms with van der Waals surface area (Å²) < 4.78 is 64.6. The molecule has 0 atom stereocenters. The predicted molar refractivity (Wildman–Crippen MR) is 108 cm³/mol. The molecule has 0 heterocycles. The number of halogens is 3. The van der Waals surface area contributed by atoms with Gasteiger partial charge in [0.15, 0.2) is 0 Å². The Morgan fingerprint density at radius 3 is 2.26 bits per heavy atom. The van der Waals surface area contributed by atoms with Gasteiger partial charge in [-0.3, -0.25) is 9.59 Å². The van der Waals surface area contributed by atoms with Gasteiger partial charge in [0, 0.05) is 18.2 Å². The van der Waals surface area contributed by atoms with Gasteiger partial charge in [-0.25, -0.2) is 13.1 Å². The Morgan fingerprint density at radius 1 is 1.03 bits per heavy atom. The average molecular weight is 457 g/mol. The standard InChI is InChI=1S/C20H22F3N3O4S/c1-13(2)19(28)26-16-8-6-14(7-9-16)11-24-18(27)12-25-31(29,30)17-5-3-4-15(10-17)20(21,22)23/h3-10,13,25H,11-12H2,1-2H3,(H,24,27)(H,26,28). The van der Waals surface area contributed by atoms with Crippen molar-refractivity contribution in [2.75, 3.05) is 11.9 Å². The monoisotopic (exact) mass is 457 g/mol. The van der Waals surface area contributed by atoms with Crippen LogP contribution in [0.5, 0.6) is 0 Å². The van der Waals surface area contributed by atoms with Crippen molar-refractivity contribution in [3.63, 3.8) is 0 Å². The van der Waals surface area contributed by atoms with E-state index in [2.05, 4.69) is 10.6 Å². The lowest BCUT2D eigenvalue weighted by Crippen LogP contribution is -2.36. The zero-order chi connectivity index (χ0) is 23.2. The van der Waals surface area contributed by atoms with Crippen molar-refractivity contribution in [1.82, 2.24) is 10.0 Å². The molecular formula is C20H22F3N3O4S. The van der Waals surface area contributed by atoms with Crippen LogP contribution >= 0.6 is 0 Å². The SMILES string of the molecule is CC(C)C(=O)Nc1ccc(CNC(=O)CNS(=O)(=O)c2cccc(C(F)(F)F)c2)cc1. The molecule has 168 valence electrons. The lowest BCUT2D eigenvalue weighted by atomic mass is 10.1. The molecule has 0 aromatic heterocycles. The van der Waals surface area contributed by atoms with E-state index in [1.165, 1.54) is 0 Å². The molecule has 2 rings (SSSR count). The summed E-state index contributed by atoms with van der Waals surface area (Å²) in [5, 5.41) is 5.23. The van der Waals surface area contributed by atoms with Gasteiger partial charge in [0.1, 0.15) is 0 Å². The second-order valence-corrected chi connectivity index (χ2v) is 8.73. The summed E-state index contributed by atoms with van der Waals surface area (Å²) in [5.74, 6) is -0.958. The third kappa shape index (κ3) is 7.37. The molecule has 0 fully saturated rings. The zero-order valence-electron chi connectivity index (χ0n) is 16.8. The van der Waals surface area contributed by atoms with Crippen molar-refractivity contribution < 1.29 is 31.2 Å².